The minimum atomic E-state index is 0.320. The number of carbonyl (C=O) groups is 1. The Labute approximate surface area is 132 Å². The Hall–Kier alpha value is -1.40. The first kappa shape index (κ1) is 15.5. The van der Waals surface area contributed by atoms with Gasteiger partial charge in [-0.1, -0.05) is 0 Å². The minimum Gasteiger partial charge on any atom is -0.340 e. The minimum absolute atomic E-state index is 0.320. The van der Waals surface area contributed by atoms with Crippen LogP contribution in [0.25, 0.3) is 0 Å². The molecule has 1 aromatic rings. The summed E-state index contributed by atoms with van der Waals surface area (Å²) < 4.78 is 2.04. The van der Waals surface area contributed by atoms with E-state index in [0.717, 1.165) is 58.3 Å². The lowest BCUT2D eigenvalue weighted by Crippen LogP contribution is -2.47. The normalized spacial score (nSPS) is 21.2. The molecule has 1 aromatic heterocycles. The van der Waals surface area contributed by atoms with E-state index in [1.165, 1.54) is 12.8 Å². The highest BCUT2D eigenvalue weighted by Gasteiger charge is 2.21. The summed E-state index contributed by atoms with van der Waals surface area (Å²) in [6.07, 6.45) is 6.97. The smallest absolute Gasteiger partial charge is 0.223 e. The number of likely N-dealkylation sites (tertiary alicyclic amines) is 1. The molecule has 0 radical (unpaired) electrons. The van der Waals surface area contributed by atoms with Gasteiger partial charge in [0.2, 0.25) is 5.91 Å². The lowest BCUT2D eigenvalue weighted by atomic mass is 9.97. The molecule has 6 heteroatoms. The number of hydrogen-bond acceptors (Lipinski definition) is 4. The maximum Gasteiger partial charge on any atom is 0.223 e. The Morgan fingerprint density at radius 2 is 1.95 bits per heavy atom. The van der Waals surface area contributed by atoms with Crippen molar-refractivity contribution in [1.82, 2.24) is 24.9 Å². The molecule has 0 spiro atoms. The Morgan fingerprint density at radius 1 is 1.18 bits per heavy atom. The molecule has 0 atom stereocenters. The van der Waals surface area contributed by atoms with Gasteiger partial charge in [0, 0.05) is 58.1 Å². The Balaban J connectivity index is 1.34. The summed E-state index contributed by atoms with van der Waals surface area (Å²) in [4.78, 5) is 16.6. The van der Waals surface area contributed by atoms with E-state index in [1.807, 2.05) is 28.0 Å². The van der Waals surface area contributed by atoms with Gasteiger partial charge in [-0.2, -0.15) is 5.10 Å². The molecule has 2 fully saturated rings. The van der Waals surface area contributed by atoms with E-state index in [0.29, 0.717) is 12.3 Å². The maximum atomic E-state index is 12.2. The highest BCUT2D eigenvalue weighted by Crippen LogP contribution is 2.19. The van der Waals surface area contributed by atoms with E-state index in [2.05, 4.69) is 15.3 Å². The van der Waals surface area contributed by atoms with Crippen molar-refractivity contribution in [2.24, 2.45) is 5.92 Å². The number of nitrogens with zero attached hydrogens (tertiary/aromatic N) is 4. The Morgan fingerprint density at radius 3 is 2.64 bits per heavy atom. The highest BCUT2D eigenvalue weighted by atomic mass is 16.2. The van der Waals surface area contributed by atoms with Gasteiger partial charge in [-0.15, -0.1) is 0 Å². The predicted molar refractivity (Wildman–Crippen MR) is 85.5 cm³/mol. The van der Waals surface area contributed by atoms with Gasteiger partial charge in [-0.05, 0) is 37.9 Å². The zero-order valence-electron chi connectivity index (χ0n) is 13.3. The van der Waals surface area contributed by atoms with E-state index in [4.69, 9.17) is 0 Å². The Bertz CT molecular complexity index is 447. The number of nitrogens with one attached hydrogen (secondary N) is 1. The summed E-state index contributed by atoms with van der Waals surface area (Å²) in [6.45, 7) is 7.77. The van der Waals surface area contributed by atoms with Crippen molar-refractivity contribution in [2.75, 3.05) is 45.8 Å². The molecule has 22 heavy (non-hydrogen) atoms. The molecule has 0 unspecified atom stereocenters. The second kappa shape index (κ2) is 7.74. The van der Waals surface area contributed by atoms with E-state index in [9.17, 15) is 4.79 Å². The fourth-order valence-electron chi connectivity index (χ4n) is 3.39. The van der Waals surface area contributed by atoms with Crippen LogP contribution in [-0.2, 0) is 11.3 Å². The lowest BCUT2D eigenvalue weighted by molar-refractivity contribution is -0.132. The first-order chi connectivity index (χ1) is 10.8. The molecule has 2 aliphatic rings. The molecule has 2 saturated heterocycles. The molecule has 0 bridgehead atoms. The van der Waals surface area contributed by atoms with Crippen molar-refractivity contribution in [3.63, 3.8) is 0 Å². The van der Waals surface area contributed by atoms with Gasteiger partial charge in [0.25, 0.3) is 0 Å². The number of piperazine rings is 1. The monoisotopic (exact) mass is 305 g/mol. The third-order valence-electron chi connectivity index (χ3n) is 4.82. The molecule has 1 N–H and O–H groups in total. The number of rotatable bonds is 5. The molecule has 0 aliphatic carbocycles. The van der Waals surface area contributed by atoms with Crippen LogP contribution in [0.3, 0.4) is 0 Å². The van der Waals surface area contributed by atoms with Crippen molar-refractivity contribution in [3.05, 3.63) is 18.5 Å². The summed E-state index contributed by atoms with van der Waals surface area (Å²) >= 11 is 0. The molecule has 6 nitrogen and oxygen atoms in total. The number of aromatic nitrogens is 2. The van der Waals surface area contributed by atoms with Gasteiger partial charge >= 0.3 is 0 Å². The largest absolute Gasteiger partial charge is 0.340 e. The van der Waals surface area contributed by atoms with Gasteiger partial charge in [0.15, 0.2) is 0 Å². The van der Waals surface area contributed by atoms with Crippen LogP contribution in [0.4, 0.5) is 0 Å². The Kier molecular flexibility index (Phi) is 5.45. The van der Waals surface area contributed by atoms with Crippen molar-refractivity contribution < 1.29 is 4.79 Å². The van der Waals surface area contributed by atoms with Crippen LogP contribution in [0.1, 0.15) is 19.3 Å². The van der Waals surface area contributed by atoms with Crippen molar-refractivity contribution >= 4 is 5.91 Å². The van der Waals surface area contributed by atoms with Crippen LogP contribution in [0, 0.1) is 5.92 Å². The van der Waals surface area contributed by atoms with Gasteiger partial charge in [-0.25, -0.2) is 0 Å². The third kappa shape index (κ3) is 4.30. The van der Waals surface area contributed by atoms with Crippen LogP contribution < -0.4 is 5.32 Å². The molecule has 0 saturated carbocycles. The SMILES string of the molecule is O=C(CCN1CCC(Cn2cccn2)CC1)N1CCNCC1. The molecular weight excluding hydrogens is 278 g/mol. The zero-order valence-corrected chi connectivity index (χ0v) is 13.3. The molecular formula is C16H27N5O. The van der Waals surface area contributed by atoms with Crippen LogP contribution >= 0.6 is 0 Å². The first-order valence-corrected chi connectivity index (χ1v) is 8.49. The van der Waals surface area contributed by atoms with Gasteiger partial charge < -0.3 is 15.1 Å². The quantitative estimate of drug-likeness (QED) is 0.856. The summed E-state index contributed by atoms with van der Waals surface area (Å²) in [7, 11) is 0. The summed E-state index contributed by atoms with van der Waals surface area (Å²) in [6, 6.07) is 1.98. The van der Waals surface area contributed by atoms with Crippen LogP contribution in [-0.4, -0.2) is 71.3 Å². The number of hydrogen-bond donors (Lipinski definition) is 1. The van der Waals surface area contributed by atoms with E-state index in [-0.39, 0.29) is 0 Å². The standard InChI is InChI=1S/C16H27N5O/c22-16(20-12-6-17-7-13-20)4-11-19-9-2-15(3-10-19)14-21-8-1-5-18-21/h1,5,8,15,17H,2-4,6-7,9-14H2. The first-order valence-electron chi connectivity index (χ1n) is 8.49. The fourth-order valence-corrected chi connectivity index (χ4v) is 3.39. The molecule has 3 rings (SSSR count). The average molecular weight is 305 g/mol. The van der Waals surface area contributed by atoms with Gasteiger partial charge in [-0.3, -0.25) is 9.48 Å². The molecule has 1 amide bonds. The second-order valence-corrected chi connectivity index (χ2v) is 6.39. The van der Waals surface area contributed by atoms with Gasteiger partial charge in [0.1, 0.15) is 0 Å². The van der Waals surface area contributed by atoms with Crippen molar-refractivity contribution in [3.8, 4) is 0 Å². The maximum absolute atomic E-state index is 12.2. The highest BCUT2D eigenvalue weighted by molar-refractivity contribution is 5.76. The topological polar surface area (TPSA) is 53.4 Å². The molecule has 0 aromatic carbocycles. The van der Waals surface area contributed by atoms with Crippen LogP contribution in [0.15, 0.2) is 18.5 Å². The van der Waals surface area contributed by atoms with Crippen LogP contribution in [0.2, 0.25) is 0 Å². The lowest BCUT2D eigenvalue weighted by Gasteiger charge is -2.33. The number of amides is 1. The molecule has 2 aliphatic heterocycles. The zero-order chi connectivity index (χ0) is 15.2. The second-order valence-electron chi connectivity index (χ2n) is 6.39. The average Bonchev–Trinajstić information content (AvgIpc) is 3.08. The number of carbonyl (C=O) groups excluding carboxylic acids is 1. The van der Waals surface area contributed by atoms with Gasteiger partial charge in [0.05, 0.1) is 0 Å². The fraction of sp³-hybridized carbons (Fsp3) is 0.750. The summed E-state index contributed by atoms with van der Waals surface area (Å²) in [5, 5.41) is 7.57. The summed E-state index contributed by atoms with van der Waals surface area (Å²) in [5.74, 6) is 1.04. The van der Waals surface area contributed by atoms with Crippen molar-refractivity contribution in [1.29, 1.82) is 0 Å². The van der Waals surface area contributed by atoms with E-state index < -0.39 is 0 Å². The van der Waals surface area contributed by atoms with Crippen molar-refractivity contribution in [2.45, 2.75) is 25.8 Å². The number of piperidine rings is 1. The van der Waals surface area contributed by atoms with E-state index in [1.54, 1.807) is 0 Å². The molecule has 3 heterocycles. The molecule has 122 valence electrons. The summed E-state index contributed by atoms with van der Waals surface area (Å²) in [5.41, 5.74) is 0. The predicted octanol–water partition coefficient (Wildman–Crippen LogP) is 0.417. The van der Waals surface area contributed by atoms with E-state index >= 15 is 0 Å². The van der Waals surface area contributed by atoms with Crippen LogP contribution in [0.5, 0.6) is 0 Å². The third-order valence-corrected chi connectivity index (χ3v) is 4.82.